The number of nitrogens with one attached hydrogen (secondary N) is 1. The second-order valence-corrected chi connectivity index (χ2v) is 9.86. The summed E-state index contributed by atoms with van der Waals surface area (Å²) in [5.41, 5.74) is 6.92. The molecule has 7 nitrogen and oxygen atoms in total. The summed E-state index contributed by atoms with van der Waals surface area (Å²) in [6, 6.07) is 22.2. The number of para-hydroxylation sites is 1. The van der Waals surface area contributed by atoms with Gasteiger partial charge in [0.15, 0.2) is 5.82 Å². The highest BCUT2D eigenvalue weighted by molar-refractivity contribution is 6.32. The van der Waals surface area contributed by atoms with Crippen LogP contribution in [-0.2, 0) is 19.4 Å². The summed E-state index contributed by atoms with van der Waals surface area (Å²) in [6.07, 6.45) is 6.73. The average Bonchev–Trinajstić information content (AvgIpc) is 3.58. The molecule has 8 heteroatoms. The second-order valence-electron chi connectivity index (χ2n) is 9.45. The van der Waals surface area contributed by atoms with Gasteiger partial charge in [0.1, 0.15) is 0 Å². The highest BCUT2D eigenvalue weighted by atomic mass is 35.5. The third-order valence-corrected chi connectivity index (χ3v) is 7.12. The quantitative estimate of drug-likeness (QED) is 0.226. The molecule has 2 heterocycles. The van der Waals surface area contributed by atoms with Crippen molar-refractivity contribution in [2.24, 2.45) is 0 Å². The summed E-state index contributed by atoms with van der Waals surface area (Å²) < 4.78 is 3.63. The fourth-order valence-corrected chi connectivity index (χ4v) is 5.19. The highest BCUT2D eigenvalue weighted by Crippen LogP contribution is 2.30. The lowest BCUT2D eigenvalue weighted by Gasteiger charge is -2.11. The fourth-order valence-electron chi connectivity index (χ4n) is 4.90. The van der Waals surface area contributed by atoms with Gasteiger partial charge in [0.2, 0.25) is 0 Å². The molecule has 0 spiro atoms. The lowest BCUT2D eigenvalue weighted by molar-refractivity contribution is 0.673. The summed E-state index contributed by atoms with van der Waals surface area (Å²) in [4.78, 5) is 13.8. The smallest absolute Gasteiger partial charge is 0.292 e. The van der Waals surface area contributed by atoms with Crippen LogP contribution >= 0.6 is 11.6 Å². The van der Waals surface area contributed by atoms with Crippen molar-refractivity contribution in [3.8, 4) is 28.2 Å². The van der Waals surface area contributed by atoms with Crippen LogP contribution in [0.1, 0.15) is 49.9 Å². The lowest BCUT2D eigenvalue weighted by atomic mass is 9.98. The largest absolute Gasteiger partial charge is 0.333 e. The maximum atomic E-state index is 13.8. The maximum Gasteiger partial charge on any atom is 0.333 e. The van der Waals surface area contributed by atoms with Crippen LogP contribution in [0.3, 0.4) is 0 Å². The molecule has 38 heavy (non-hydrogen) atoms. The zero-order chi connectivity index (χ0) is 26.5. The van der Waals surface area contributed by atoms with E-state index in [-0.39, 0.29) is 5.69 Å². The van der Waals surface area contributed by atoms with E-state index in [0.29, 0.717) is 17.4 Å². The molecule has 0 aliphatic heterocycles. The monoisotopic (exact) mass is 526 g/mol. The highest BCUT2D eigenvalue weighted by Gasteiger charge is 2.18. The first-order valence-electron chi connectivity index (χ1n) is 13.1. The number of imidazole rings is 1. The molecule has 0 aliphatic carbocycles. The summed E-state index contributed by atoms with van der Waals surface area (Å²) in [5, 5.41) is 14.9. The second kappa shape index (κ2) is 11.6. The molecule has 0 aliphatic rings. The lowest BCUT2D eigenvalue weighted by Crippen LogP contribution is -2.25. The molecule has 0 radical (unpaired) electrons. The summed E-state index contributed by atoms with van der Waals surface area (Å²) in [7, 11) is 0. The van der Waals surface area contributed by atoms with Crippen molar-refractivity contribution in [1.29, 1.82) is 0 Å². The molecule has 0 saturated heterocycles. The number of hydrogen-bond acceptors (Lipinski definition) is 4. The minimum Gasteiger partial charge on any atom is -0.292 e. The van der Waals surface area contributed by atoms with Crippen molar-refractivity contribution < 1.29 is 0 Å². The summed E-state index contributed by atoms with van der Waals surface area (Å²) >= 11 is 6.64. The van der Waals surface area contributed by atoms with Gasteiger partial charge in [-0.25, -0.2) is 9.89 Å². The molecule has 1 N–H and O–H groups in total. The Morgan fingerprint density at radius 2 is 1.68 bits per heavy atom. The van der Waals surface area contributed by atoms with Gasteiger partial charge < -0.3 is 0 Å². The van der Waals surface area contributed by atoms with Crippen LogP contribution in [0.15, 0.2) is 77.7 Å². The van der Waals surface area contributed by atoms with Crippen LogP contribution in [0.4, 0.5) is 0 Å². The number of benzene rings is 3. The Labute approximate surface area is 227 Å². The Balaban J connectivity index is 1.50. The van der Waals surface area contributed by atoms with Gasteiger partial charge in [0.25, 0.3) is 0 Å². The van der Waals surface area contributed by atoms with Crippen molar-refractivity contribution in [3.05, 3.63) is 105 Å². The van der Waals surface area contributed by atoms with Crippen molar-refractivity contribution >= 4 is 11.6 Å². The number of aromatic amines is 1. The SMILES string of the molecule is CCCCc1cn(-c2c(Cl)cccc2CCC)c(=O)n1Cc1ccc(-c2ccccc2-c2nnn[nH]2)cc1. The number of nitrogens with zero attached hydrogens (tertiary/aromatic N) is 5. The van der Waals surface area contributed by atoms with Crippen LogP contribution in [0, 0.1) is 0 Å². The summed E-state index contributed by atoms with van der Waals surface area (Å²) in [6.45, 7) is 4.79. The average molecular weight is 527 g/mol. The molecule has 194 valence electrons. The molecule has 0 atom stereocenters. The van der Waals surface area contributed by atoms with Gasteiger partial charge in [-0.05, 0) is 58.0 Å². The first-order valence-corrected chi connectivity index (χ1v) is 13.5. The number of rotatable bonds is 10. The maximum absolute atomic E-state index is 13.8. The van der Waals surface area contributed by atoms with Crippen molar-refractivity contribution in [1.82, 2.24) is 29.8 Å². The van der Waals surface area contributed by atoms with E-state index >= 15 is 0 Å². The zero-order valence-corrected chi connectivity index (χ0v) is 22.4. The van der Waals surface area contributed by atoms with Gasteiger partial charge in [-0.3, -0.25) is 9.13 Å². The van der Waals surface area contributed by atoms with Gasteiger partial charge in [-0.2, -0.15) is 0 Å². The van der Waals surface area contributed by atoms with E-state index in [1.54, 1.807) is 4.57 Å². The van der Waals surface area contributed by atoms with Crippen LogP contribution in [-0.4, -0.2) is 29.8 Å². The summed E-state index contributed by atoms with van der Waals surface area (Å²) in [5.74, 6) is 0.625. The van der Waals surface area contributed by atoms with E-state index in [0.717, 1.165) is 71.3 Å². The van der Waals surface area contributed by atoms with Crippen LogP contribution in [0.2, 0.25) is 5.02 Å². The minimum atomic E-state index is -0.0613. The molecule has 3 aromatic carbocycles. The first kappa shape index (κ1) is 25.7. The Hall–Kier alpha value is -3.97. The minimum absolute atomic E-state index is 0.0613. The number of hydrogen-bond donors (Lipinski definition) is 1. The normalized spacial score (nSPS) is 11.2. The van der Waals surface area contributed by atoms with E-state index in [1.807, 2.05) is 41.1 Å². The predicted octanol–water partition coefficient (Wildman–Crippen LogP) is 6.48. The molecule has 0 unspecified atom stereocenters. The van der Waals surface area contributed by atoms with Gasteiger partial charge in [0.05, 0.1) is 17.3 Å². The predicted molar refractivity (Wildman–Crippen MR) is 152 cm³/mol. The third-order valence-electron chi connectivity index (χ3n) is 6.81. The molecule has 5 rings (SSSR count). The zero-order valence-electron chi connectivity index (χ0n) is 21.7. The molecular formula is C30H31ClN6O. The van der Waals surface area contributed by atoms with E-state index in [9.17, 15) is 4.79 Å². The molecular weight excluding hydrogens is 496 g/mol. The van der Waals surface area contributed by atoms with Gasteiger partial charge in [0, 0.05) is 17.5 Å². The number of aromatic nitrogens is 6. The van der Waals surface area contributed by atoms with Gasteiger partial charge in [-0.1, -0.05) is 99.0 Å². The van der Waals surface area contributed by atoms with Gasteiger partial charge in [-0.15, -0.1) is 5.10 Å². The fraction of sp³-hybridized carbons (Fsp3) is 0.267. The number of unbranched alkanes of at least 4 members (excludes halogenated alkanes) is 1. The number of aryl methyl sites for hydroxylation is 2. The van der Waals surface area contributed by atoms with Crippen molar-refractivity contribution in [2.45, 2.75) is 52.5 Å². The van der Waals surface area contributed by atoms with E-state index in [4.69, 9.17) is 11.6 Å². The standard InChI is InChI=1S/C30H31ClN6O/c1-3-5-11-24-20-37(28-23(9-4-2)10-8-14-27(28)31)30(38)36(24)19-21-15-17-22(18-16-21)25-12-6-7-13-26(25)29-32-34-35-33-29/h6-8,10,12-18,20H,3-5,9,11,19H2,1-2H3,(H,32,33,34,35). The Kier molecular flexibility index (Phi) is 7.84. The molecule has 5 aromatic rings. The molecule has 0 amide bonds. The van der Waals surface area contributed by atoms with Crippen LogP contribution in [0.5, 0.6) is 0 Å². The third kappa shape index (κ3) is 5.20. The van der Waals surface area contributed by atoms with Crippen molar-refractivity contribution in [3.63, 3.8) is 0 Å². The van der Waals surface area contributed by atoms with E-state index in [1.165, 1.54) is 0 Å². The number of tetrazole rings is 1. The Morgan fingerprint density at radius 3 is 2.39 bits per heavy atom. The Bertz CT molecular complexity index is 1570. The van der Waals surface area contributed by atoms with Gasteiger partial charge >= 0.3 is 5.69 Å². The first-order chi connectivity index (χ1) is 18.6. The number of H-pyrrole nitrogens is 1. The molecule has 0 saturated carbocycles. The Morgan fingerprint density at radius 1 is 0.895 bits per heavy atom. The van der Waals surface area contributed by atoms with Crippen molar-refractivity contribution in [2.75, 3.05) is 0 Å². The van der Waals surface area contributed by atoms with Crippen LogP contribution < -0.4 is 5.69 Å². The topological polar surface area (TPSA) is 81.4 Å². The van der Waals surface area contributed by atoms with E-state index < -0.39 is 0 Å². The number of halogens is 1. The molecule has 0 bridgehead atoms. The molecule has 0 fully saturated rings. The van der Waals surface area contributed by atoms with Crippen LogP contribution in [0.25, 0.3) is 28.2 Å². The van der Waals surface area contributed by atoms with E-state index in [2.05, 4.69) is 70.9 Å². The molecule has 2 aromatic heterocycles.